The largest absolute Gasteiger partial charge is 0.316 e. The standard InChI is InChI=1S/C9H16F2N2/c10-9(11)6-13(7-9)4-2-8-1-3-12-5-8/h8,12H,1-7H2/t8-/m0/s1. The van der Waals surface area contributed by atoms with Crippen LogP contribution in [0.4, 0.5) is 8.78 Å². The molecule has 0 aromatic rings. The van der Waals surface area contributed by atoms with E-state index in [1.807, 2.05) is 4.90 Å². The first-order valence-corrected chi connectivity index (χ1v) is 4.97. The van der Waals surface area contributed by atoms with Gasteiger partial charge in [0.15, 0.2) is 0 Å². The third-order valence-electron chi connectivity index (χ3n) is 2.93. The van der Waals surface area contributed by atoms with Gasteiger partial charge in [-0.25, -0.2) is 8.78 Å². The molecule has 2 aliphatic rings. The lowest BCUT2D eigenvalue weighted by molar-refractivity contribution is -0.131. The topological polar surface area (TPSA) is 15.3 Å². The van der Waals surface area contributed by atoms with Crippen LogP contribution in [0.2, 0.25) is 0 Å². The summed E-state index contributed by atoms with van der Waals surface area (Å²) in [7, 11) is 0. The van der Waals surface area contributed by atoms with Gasteiger partial charge in [-0.15, -0.1) is 0 Å². The van der Waals surface area contributed by atoms with E-state index in [0.29, 0.717) is 5.92 Å². The fraction of sp³-hybridized carbons (Fsp3) is 1.00. The number of nitrogens with zero attached hydrogens (tertiary/aromatic N) is 1. The third-order valence-corrected chi connectivity index (χ3v) is 2.93. The quantitative estimate of drug-likeness (QED) is 0.712. The molecule has 2 saturated heterocycles. The van der Waals surface area contributed by atoms with E-state index < -0.39 is 5.92 Å². The SMILES string of the molecule is FC1(F)CN(CC[C@@H]2CCNC2)C1. The molecule has 0 aromatic carbocycles. The molecule has 0 saturated carbocycles. The molecule has 76 valence electrons. The van der Waals surface area contributed by atoms with Crippen molar-refractivity contribution in [3.8, 4) is 0 Å². The maximum absolute atomic E-state index is 12.4. The molecule has 1 atom stereocenters. The molecule has 2 heterocycles. The Labute approximate surface area is 77.3 Å². The minimum Gasteiger partial charge on any atom is -0.316 e. The van der Waals surface area contributed by atoms with Crippen LogP contribution in [-0.4, -0.2) is 43.5 Å². The molecule has 0 radical (unpaired) electrons. The van der Waals surface area contributed by atoms with Crippen molar-refractivity contribution < 1.29 is 8.78 Å². The molecule has 0 amide bonds. The zero-order chi connectivity index (χ0) is 9.31. The Bertz CT molecular complexity index is 170. The molecule has 2 nitrogen and oxygen atoms in total. The fourth-order valence-electron chi connectivity index (χ4n) is 2.09. The van der Waals surface area contributed by atoms with E-state index in [4.69, 9.17) is 0 Å². The number of hydrogen-bond donors (Lipinski definition) is 1. The zero-order valence-electron chi connectivity index (χ0n) is 7.73. The van der Waals surface area contributed by atoms with Gasteiger partial charge in [-0.2, -0.15) is 0 Å². The lowest BCUT2D eigenvalue weighted by Crippen LogP contribution is -2.56. The monoisotopic (exact) mass is 190 g/mol. The summed E-state index contributed by atoms with van der Waals surface area (Å²) in [5.41, 5.74) is 0. The van der Waals surface area contributed by atoms with Gasteiger partial charge in [-0.1, -0.05) is 0 Å². The molecule has 2 aliphatic heterocycles. The van der Waals surface area contributed by atoms with E-state index in [9.17, 15) is 8.78 Å². The first-order valence-electron chi connectivity index (χ1n) is 4.97. The second-order valence-corrected chi connectivity index (χ2v) is 4.21. The summed E-state index contributed by atoms with van der Waals surface area (Å²) >= 11 is 0. The zero-order valence-corrected chi connectivity index (χ0v) is 7.73. The first-order chi connectivity index (χ1) is 6.16. The van der Waals surface area contributed by atoms with Crippen LogP contribution in [0.3, 0.4) is 0 Å². The highest BCUT2D eigenvalue weighted by Gasteiger charge is 2.43. The third kappa shape index (κ3) is 2.38. The fourth-order valence-corrected chi connectivity index (χ4v) is 2.09. The lowest BCUT2D eigenvalue weighted by Gasteiger charge is -2.39. The molecule has 1 N–H and O–H groups in total. The highest BCUT2D eigenvalue weighted by molar-refractivity contribution is 4.87. The summed E-state index contributed by atoms with van der Waals surface area (Å²) in [6.07, 6.45) is 2.29. The summed E-state index contributed by atoms with van der Waals surface area (Å²) < 4.78 is 24.9. The predicted octanol–water partition coefficient (Wildman–Crippen LogP) is 0.937. The van der Waals surface area contributed by atoms with Crippen molar-refractivity contribution in [1.82, 2.24) is 10.2 Å². The first kappa shape index (κ1) is 9.34. The summed E-state index contributed by atoms with van der Waals surface area (Å²) in [6.45, 7) is 2.98. The average molecular weight is 190 g/mol. The molecule has 0 unspecified atom stereocenters. The predicted molar refractivity (Wildman–Crippen MR) is 47.0 cm³/mol. The van der Waals surface area contributed by atoms with Gasteiger partial charge in [0.1, 0.15) is 0 Å². The van der Waals surface area contributed by atoms with Crippen molar-refractivity contribution in [3.05, 3.63) is 0 Å². The van der Waals surface area contributed by atoms with Gasteiger partial charge >= 0.3 is 0 Å². The van der Waals surface area contributed by atoms with E-state index in [-0.39, 0.29) is 13.1 Å². The number of halogens is 2. The minimum atomic E-state index is -2.39. The van der Waals surface area contributed by atoms with Crippen LogP contribution in [0.15, 0.2) is 0 Å². The van der Waals surface area contributed by atoms with Gasteiger partial charge in [-0.3, -0.25) is 4.90 Å². The smallest absolute Gasteiger partial charge is 0.272 e. The summed E-state index contributed by atoms with van der Waals surface area (Å²) in [6, 6.07) is 0. The number of likely N-dealkylation sites (tertiary alicyclic amines) is 1. The van der Waals surface area contributed by atoms with E-state index in [1.54, 1.807) is 0 Å². The van der Waals surface area contributed by atoms with Crippen LogP contribution in [-0.2, 0) is 0 Å². The van der Waals surface area contributed by atoms with Crippen molar-refractivity contribution in [2.75, 3.05) is 32.7 Å². The van der Waals surface area contributed by atoms with Crippen molar-refractivity contribution in [3.63, 3.8) is 0 Å². The summed E-state index contributed by atoms with van der Waals surface area (Å²) in [4.78, 5) is 1.85. The van der Waals surface area contributed by atoms with Gasteiger partial charge in [0.2, 0.25) is 0 Å². The number of nitrogens with one attached hydrogen (secondary N) is 1. The average Bonchev–Trinajstić information content (AvgIpc) is 2.48. The molecule has 0 bridgehead atoms. The summed E-state index contributed by atoms with van der Waals surface area (Å²) in [5, 5.41) is 3.28. The highest BCUT2D eigenvalue weighted by atomic mass is 19.3. The molecule has 0 aromatic heterocycles. The number of hydrogen-bond acceptors (Lipinski definition) is 2. The Morgan fingerprint density at radius 1 is 1.38 bits per heavy atom. The van der Waals surface area contributed by atoms with Gasteiger partial charge in [0.05, 0.1) is 13.1 Å². The normalized spacial score (nSPS) is 33.2. The van der Waals surface area contributed by atoms with Crippen LogP contribution >= 0.6 is 0 Å². The molecular formula is C9H16F2N2. The molecule has 0 aliphatic carbocycles. The van der Waals surface area contributed by atoms with Gasteiger partial charge in [-0.05, 0) is 38.4 Å². The minimum absolute atomic E-state index is 0.0207. The van der Waals surface area contributed by atoms with Gasteiger partial charge < -0.3 is 5.32 Å². The van der Waals surface area contributed by atoms with Crippen LogP contribution in [0.5, 0.6) is 0 Å². The Balaban J connectivity index is 1.59. The van der Waals surface area contributed by atoms with Crippen LogP contribution in [0, 0.1) is 5.92 Å². The Hall–Kier alpha value is -0.220. The molecular weight excluding hydrogens is 174 g/mol. The molecule has 0 spiro atoms. The van der Waals surface area contributed by atoms with Crippen LogP contribution < -0.4 is 5.32 Å². The number of rotatable bonds is 3. The summed E-state index contributed by atoms with van der Waals surface area (Å²) in [5.74, 6) is -1.68. The Kier molecular flexibility index (Phi) is 2.51. The van der Waals surface area contributed by atoms with E-state index in [0.717, 1.165) is 26.1 Å². The van der Waals surface area contributed by atoms with Crippen LogP contribution in [0.1, 0.15) is 12.8 Å². The Morgan fingerprint density at radius 2 is 2.15 bits per heavy atom. The van der Waals surface area contributed by atoms with Crippen molar-refractivity contribution in [1.29, 1.82) is 0 Å². The molecule has 2 rings (SSSR count). The van der Waals surface area contributed by atoms with E-state index >= 15 is 0 Å². The lowest BCUT2D eigenvalue weighted by atomic mass is 10.0. The van der Waals surface area contributed by atoms with Crippen molar-refractivity contribution in [2.24, 2.45) is 5.92 Å². The number of alkyl halides is 2. The second kappa shape index (κ2) is 3.50. The van der Waals surface area contributed by atoms with Crippen LogP contribution in [0.25, 0.3) is 0 Å². The molecule has 4 heteroatoms. The maximum Gasteiger partial charge on any atom is 0.272 e. The maximum atomic E-state index is 12.4. The molecule has 13 heavy (non-hydrogen) atoms. The van der Waals surface area contributed by atoms with E-state index in [2.05, 4.69) is 5.32 Å². The molecule has 2 fully saturated rings. The van der Waals surface area contributed by atoms with Gasteiger partial charge in [0.25, 0.3) is 5.92 Å². The van der Waals surface area contributed by atoms with E-state index in [1.165, 1.54) is 6.42 Å². The Morgan fingerprint density at radius 3 is 2.69 bits per heavy atom. The van der Waals surface area contributed by atoms with Crippen molar-refractivity contribution >= 4 is 0 Å². The highest BCUT2D eigenvalue weighted by Crippen LogP contribution is 2.27. The van der Waals surface area contributed by atoms with Gasteiger partial charge in [0, 0.05) is 0 Å². The van der Waals surface area contributed by atoms with Crippen molar-refractivity contribution in [2.45, 2.75) is 18.8 Å². The second-order valence-electron chi connectivity index (χ2n) is 4.21.